The monoisotopic (exact) mass is 638 g/mol. The first-order chi connectivity index (χ1) is 21.4. The normalized spacial score (nSPS) is 12.3. The molecule has 0 aliphatic carbocycles. The molecule has 1 heterocycles. The summed E-state index contributed by atoms with van der Waals surface area (Å²) in [6.45, 7) is 0. The van der Waals surface area contributed by atoms with Crippen molar-refractivity contribution < 1.29 is 14.4 Å². The second-order valence-corrected chi connectivity index (χ2v) is 15.8. The van der Waals surface area contributed by atoms with Gasteiger partial charge in [0.25, 0.3) is 0 Å². The van der Waals surface area contributed by atoms with Gasteiger partial charge >= 0.3 is 38.1 Å². The van der Waals surface area contributed by atoms with E-state index in [9.17, 15) is 0 Å². The Bertz CT molecular complexity index is 1250. The molecule has 1 aliphatic heterocycles. The van der Waals surface area contributed by atoms with Crippen molar-refractivity contribution in [1.82, 2.24) is 0 Å². The Labute approximate surface area is 266 Å². The van der Waals surface area contributed by atoms with Crippen LogP contribution in [-0.4, -0.2) is 0 Å². The molecular formula is C40H38NiP2. The molecule has 0 N–H and O–H groups in total. The van der Waals surface area contributed by atoms with Crippen molar-refractivity contribution in [2.45, 2.75) is 23.6 Å². The maximum absolute atomic E-state index is 2.23. The molecule has 3 heteroatoms. The van der Waals surface area contributed by atoms with Crippen LogP contribution >= 0.6 is 15.8 Å². The Kier molecular flexibility index (Phi) is 12.8. The Morgan fingerprint density at radius 1 is 0.279 bits per heavy atom. The van der Waals surface area contributed by atoms with Crippen molar-refractivity contribution in [2.24, 2.45) is 0 Å². The van der Waals surface area contributed by atoms with Gasteiger partial charge in [0.15, 0.2) is 0 Å². The molecule has 1 aliphatic rings. The number of hydrogen-bond donors (Lipinski definition) is 0. The fourth-order valence-electron chi connectivity index (χ4n) is 4.75. The van der Waals surface area contributed by atoms with Crippen molar-refractivity contribution in [3.8, 4) is 0 Å². The van der Waals surface area contributed by atoms with Gasteiger partial charge in [-0.1, -0.05) is 182 Å². The van der Waals surface area contributed by atoms with E-state index in [0.717, 1.165) is 0 Å². The summed E-state index contributed by atoms with van der Waals surface area (Å²) in [4.78, 5) is 0. The van der Waals surface area contributed by atoms with Gasteiger partial charge in [-0.3, -0.25) is 0 Å². The zero-order chi connectivity index (χ0) is 29.4. The first-order valence-electron chi connectivity index (χ1n) is 14.8. The molecule has 1 saturated heterocycles. The van der Waals surface area contributed by atoms with Gasteiger partial charge in [0, 0.05) is 0 Å². The molecule has 7 rings (SSSR count). The number of hydrogen-bond acceptors (Lipinski definition) is 0. The molecule has 6 aromatic carbocycles. The van der Waals surface area contributed by atoms with E-state index in [-0.39, 0.29) is 0 Å². The molecular weight excluding hydrogens is 601 g/mol. The average molecular weight is 639 g/mol. The zero-order valence-corrected chi connectivity index (χ0v) is 27.1. The van der Waals surface area contributed by atoms with E-state index in [0.29, 0.717) is 0 Å². The van der Waals surface area contributed by atoms with E-state index in [1.54, 1.807) is 0 Å². The van der Waals surface area contributed by atoms with Crippen molar-refractivity contribution in [1.29, 1.82) is 0 Å². The van der Waals surface area contributed by atoms with Gasteiger partial charge in [0.05, 0.1) is 0 Å². The van der Waals surface area contributed by atoms with E-state index < -0.39 is 15.8 Å². The van der Waals surface area contributed by atoms with Crippen molar-refractivity contribution in [2.75, 3.05) is 0 Å². The maximum atomic E-state index is 2.23. The van der Waals surface area contributed by atoms with Crippen LogP contribution in [0.1, 0.15) is 12.8 Å². The minimum atomic E-state index is -0.446. The summed E-state index contributed by atoms with van der Waals surface area (Å²) in [6, 6.07) is 64.7. The molecule has 43 heavy (non-hydrogen) atoms. The Morgan fingerprint density at radius 2 is 0.465 bits per heavy atom. The molecule has 0 spiro atoms. The molecule has 0 amide bonds. The summed E-state index contributed by atoms with van der Waals surface area (Å²) in [5.74, 6) is 0. The van der Waals surface area contributed by atoms with E-state index in [4.69, 9.17) is 0 Å². The molecule has 1 fully saturated rings. The van der Waals surface area contributed by atoms with Crippen LogP contribution in [-0.2, 0) is 14.4 Å². The van der Waals surface area contributed by atoms with Crippen molar-refractivity contribution in [3.63, 3.8) is 0 Å². The third-order valence-corrected chi connectivity index (χ3v) is 13.1. The minimum absolute atomic E-state index is 0.446. The second kappa shape index (κ2) is 17.7. The van der Waals surface area contributed by atoms with E-state index in [2.05, 4.69) is 182 Å². The molecule has 0 radical (unpaired) electrons. The average Bonchev–Trinajstić information content (AvgIpc) is 3.69. The van der Waals surface area contributed by atoms with Crippen molar-refractivity contribution in [3.05, 3.63) is 182 Å². The summed E-state index contributed by atoms with van der Waals surface area (Å²) >= 11 is 1.93. The number of benzene rings is 6. The van der Waals surface area contributed by atoms with Crippen LogP contribution in [0.3, 0.4) is 0 Å². The SMILES string of the molecule is C1C[CH2][Ni][CH2]1.c1ccc(P(c2ccccc2)c2ccccc2)cc1.c1ccc(P(c2ccccc2)c2ccccc2)cc1. The maximum Gasteiger partial charge on any atom is -0.0134 e. The van der Waals surface area contributed by atoms with Gasteiger partial charge in [-0.15, -0.1) is 0 Å². The quantitative estimate of drug-likeness (QED) is 0.127. The summed E-state index contributed by atoms with van der Waals surface area (Å²) in [5.41, 5.74) is 0. The minimum Gasteiger partial charge on any atom is -0.0622 e. The standard InChI is InChI=1S/2C18H15P.C4H8.Ni/c2*1-4-10-16(11-5-1)19(17-12-6-2-7-13-17)18-14-8-3-9-15-18;1-3-4-2;/h2*1-15H;1-4H2;. The van der Waals surface area contributed by atoms with Gasteiger partial charge in [-0.2, -0.15) is 0 Å². The summed E-state index contributed by atoms with van der Waals surface area (Å²) < 4.78 is 0. The molecule has 0 unspecified atom stereocenters. The molecule has 0 nitrogen and oxygen atoms in total. The fraction of sp³-hybridized carbons (Fsp3) is 0.100. The summed E-state index contributed by atoms with van der Waals surface area (Å²) in [7, 11) is -0.892. The van der Waals surface area contributed by atoms with Crippen molar-refractivity contribution >= 4 is 47.7 Å². The molecule has 0 saturated carbocycles. The first-order valence-corrected chi connectivity index (χ1v) is 18.8. The topological polar surface area (TPSA) is 0 Å². The predicted octanol–water partition coefficient (Wildman–Crippen LogP) is 8.59. The molecule has 0 atom stereocenters. The fourth-order valence-corrected chi connectivity index (χ4v) is 10.6. The zero-order valence-electron chi connectivity index (χ0n) is 24.4. The Morgan fingerprint density at radius 3 is 0.605 bits per heavy atom. The molecule has 0 bridgehead atoms. The van der Waals surface area contributed by atoms with Gasteiger partial charge in [-0.05, 0) is 47.7 Å². The Balaban J connectivity index is 0.000000147. The second-order valence-electron chi connectivity index (χ2n) is 9.87. The third kappa shape index (κ3) is 9.58. The predicted molar refractivity (Wildman–Crippen MR) is 189 cm³/mol. The largest absolute Gasteiger partial charge is 0.0622 e. The van der Waals surface area contributed by atoms with Crippen LogP contribution in [0.15, 0.2) is 182 Å². The summed E-state index contributed by atoms with van der Waals surface area (Å²) in [5, 5.41) is 11.3. The van der Waals surface area contributed by atoms with Crippen LogP contribution in [0.2, 0.25) is 10.8 Å². The van der Waals surface area contributed by atoms with Crippen LogP contribution in [0, 0.1) is 0 Å². The smallest absolute Gasteiger partial charge is 0.0134 e. The van der Waals surface area contributed by atoms with Crippen LogP contribution < -0.4 is 31.8 Å². The van der Waals surface area contributed by atoms with Gasteiger partial charge in [-0.25, -0.2) is 0 Å². The van der Waals surface area contributed by atoms with E-state index >= 15 is 0 Å². The van der Waals surface area contributed by atoms with Crippen LogP contribution in [0.5, 0.6) is 0 Å². The first kappa shape index (κ1) is 31.1. The van der Waals surface area contributed by atoms with Gasteiger partial charge in [0.1, 0.15) is 0 Å². The molecule has 218 valence electrons. The van der Waals surface area contributed by atoms with E-state index in [1.165, 1.54) is 55.5 Å². The van der Waals surface area contributed by atoms with E-state index in [1.807, 2.05) is 14.4 Å². The summed E-state index contributed by atoms with van der Waals surface area (Å²) in [6.07, 6.45) is 2.94. The van der Waals surface area contributed by atoms with Gasteiger partial charge < -0.3 is 0 Å². The third-order valence-electron chi connectivity index (χ3n) is 6.78. The number of rotatable bonds is 6. The molecule has 0 aromatic heterocycles. The van der Waals surface area contributed by atoms with Crippen LogP contribution in [0.4, 0.5) is 0 Å². The Hall–Kier alpha value is -3.33. The van der Waals surface area contributed by atoms with Gasteiger partial charge in [0.2, 0.25) is 0 Å². The molecule has 6 aromatic rings. The van der Waals surface area contributed by atoms with Crippen LogP contribution in [0.25, 0.3) is 0 Å².